The van der Waals surface area contributed by atoms with Gasteiger partial charge in [0.05, 0.1) is 6.61 Å². The Morgan fingerprint density at radius 2 is 1.29 bits per heavy atom. The maximum atomic E-state index is 7.12. The Morgan fingerprint density at radius 1 is 0.882 bits per heavy atom. The summed E-state index contributed by atoms with van der Waals surface area (Å²) in [6.45, 7) is 5.95. The van der Waals surface area contributed by atoms with Crippen molar-refractivity contribution >= 4 is 0 Å². The van der Waals surface area contributed by atoms with Gasteiger partial charge in [-0.2, -0.15) is 0 Å². The van der Waals surface area contributed by atoms with Crippen molar-refractivity contribution < 1.29 is 29.5 Å². The van der Waals surface area contributed by atoms with Crippen LogP contribution in [0, 0.1) is 0 Å². The lowest BCUT2D eigenvalue weighted by Gasteiger charge is -2.01. The minimum atomic E-state index is -0.750. The molecule has 0 unspecified atom stereocenters. The summed E-state index contributed by atoms with van der Waals surface area (Å²) in [4.78, 5) is 8.98. The third-order valence-corrected chi connectivity index (χ3v) is 0.534. The van der Waals surface area contributed by atoms with Crippen LogP contribution >= 0.6 is 0 Å². The van der Waals surface area contributed by atoms with Gasteiger partial charge in [-0.3, -0.25) is 0 Å². The van der Waals surface area contributed by atoms with Crippen LogP contribution in [0.2, 0.25) is 0 Å². The lowest BCUT2D eigenvalue weighted by Crippen LogP contribution is -2.02. The average Bonchev–Trinajstić information content (AvgIpc) is 2.22. The summed E-state index contributed by atoms with van der Waals surface area (Å²) in [6, 6.07) is 0. The van der Waals surface area contributed by atoms with E-state index in [9.17, 15) is 0 Å². The molecule has 0 aliphatic heterocycles. The Balaban J connectivity index is -0.0000000333. The van der Waals surface area contributed by atoms with Crippen LogP contribution in [-0.2, 0) is 19.2 Å². The molecule has 0 atom stereocenters. The van der Waals surface area contributed by atoms with Crippen molar-refractivity contribution in [1.29, 1.82) is 0 Å². The van der Waals surface area contributed by atoms with E-state index in [-0.39, 0.29) is 35.9 Å². The largest absolute Gasteiger partial charge is 0.371 e. The van der Waals surface area contributed by atoms with E-state index in [2.05, 4.69) is 14.5 Å². The van der Waals surface area contributed by atoms with Crippen molar-refractivity contribution in [1.82, 2.24) is 0 Å². The zero-order valence-electron chi connectivity index (χ0n) is 9.36. The molecule has 0 aliphatic carbocycles. The van der Waals surface area contributed by atoms with Crippen LogP contribution in [0.25, 0.3) is 0 Å². The van der Waals surface area contributed by atoms with Crippen LogP contribution in [0.3, 0.4) is 0 Å². The van der Waals surface area contributed by atoms with E-state index in [0.717, 1.165) is 0 Å². The smallest absolute Gasteiger partial charge is 0.183 e. The van der Waals surface area contributed by atoms with E-state index in [1.165, 1.54) is 0 Å². The van der Waals surface area contributed by atoms with Gasteiger partial charge in [0.2, 0.25) is 0 Å². The second-order valence-corrected chi connectivity index (χ2v) is 1.39. The molecule has 0 saturated heterocycles. The van der Waals surface area contributed by atoms with Crippen LogP contribution < -0.4 is 0 Å². The normalized spacial score (nSPS) is 6.71. The number of hydrogen-bond donors (Lipinski definition) is 2. The highest BCUT2D eigenvalue weighted by Crippen LogP contribution is 1.79. The van der Waals surface area contributed by atoms with Gasteiger partial charge in [-0.05, 0) is 6.92 Å². The Hall–Kier alpha value is -0.240. The highest BCUT2D eigenvalue weighted by Gasteiger charge is 1.83. The molecule has 114 valence electrons. The van der Waals surface area contributed by atoms with E-state index < -0.39 is 6.79 Å². The molecule has 17 heavy (non-hydrogen) atoms. The van der Waals surface area contributed by atoms with E-state index >= 15 is 0 Å². The molecular weight excluding hydrogens is 228 g/mol. The van der Waals surface area contributed by atoms with Gasteiger partial charge in [-0.25, -0.2) is 9.78 Å². The highest BCUT2D eigenvalue weighted by atomic mass is 17.2. The first-order valence-electron chi connectivity index (χ1n) is 4.36. The van der Waals surface area contributed by atoms with Gasteiger partial charge in [-0.15, -0.1) is 0 Å². The van der Waals surface area contributed by atoms with Crippen LogP contribution in [0.1, 0.15) is 43.1 Å². The lowest BCUT2D eigenvalue weighted by atomic mass is 10.9. The monoisotopic (exact) mass is 262 g/mol. The number of ether oxygens (including phenoxy) is 2. The molecule has 0 aliphatic rings. The second-order valence-electron chi connectivity index (χ2n) is 1.39. The molecule has 0 aromatic carbocycles. The SMILES string of the molecule is C.C.C.CC.CCOOCOCOC.OCO. The van der Waals surface area contributed by atoms with Gasteiger partial charge in [-0.1, -0.05) is 36.1 Å². The van der Waals surface area contributed by atoms with E-state index in [0.29, 0.717) is 6.61 Å². The maximum Gasteiger partial charge on any atom is 0.183 e. The topological polar surface area (TPSA) is 77.4 Å². The summed E-state index contributed by atoms with van der Waals surface area (Å²) in [5, 5.41) is 14.2. The Kier molecular flexibility index (Phi) is 121. The molecule has 0 amide bonds. The second kappa shape index (κ2) is 57.0. The summed E-state index contributed by atoms with van der Waals surface area (Å²) in [6.07, 6.45) is 0. The third kappa shape index (κ3) is 89.9. The summed E-state index contributed by atoms with van der Waals surface area (Å²) in [7, 11) is 1.54. The van der Waals surface area contributed by atoms with E-state index in [4.69, 9.17) is 14.9 Å². The molecule has 0 aromatic rings. The number of rotatable bonds is 6. The minimum Gasteiger partial charge on any atom is -0.371 e. The van der Waals surface area contributed by atoms with Gasteiger partial charge in [0, 0.05) is 7.11 Å². The molecule has 0 aromatic heterocycles. The average molecular weight is 262 g/mol. The molecular formula is C11H34O6. The molecule has 0 radical (unpaired) electrons. The summed E-state index contributed by atoms with van der Waals surface area (Å²) >= 11 is 0. The molecule has 0 rings (SSSR count). The van der Waals surface area contributed by atoms with Crippen molar-refractivity contribution in [2.45, 2.75) is 43.1 Å². The number of hydrogen-bond acceptors (Lipinski definition) is 6. The van der Waals surface area contributed by atoms with Gasteiger partial charge in [0.25, 0.3) is 0 Å². The van der Waals surface area contributed by atoms with Gasteiger partial charge >= 0.3 is 0 Å². The van der Waals surface area contributed by atoms with Crippen molar-refractivity contribution in [3.8, 4) is 0 Å². The number of aliphatic hydroxyl groups is 2. The third-order valence-electron chi connectivity index (χ3n) is 0.534. The summed E-state index contributed by atoms with van der Waals surface area (Å²) in [5.74, 6) is 0. The molecule has 0 spiro atoms. The van der Waals surface area contributed by atoms with Crippen molar-refractivity contribution in [2.24, 2.45) is 0 Å². The molecule has 0 bridgehead atoms. The Bertz CT molecular complexity index is 57.9. The fourth-order valence-corrected chi connectivity index (χ4v) is 0.269. The molecule has 0 saturated carbocycles. The molecule has 0 heterocycles. The van der Waals surface area contributed by atoms with Crippen LogP contribution in [0.4, 0.5) is 0 Å². The van der Waals surface area contributed by atoms with Crippen LogP contribution in [-0.4, -0.2) is 44.3 Å². The fraction of sp³-hybridized carbons (Fsp3) is 1.00. The predicted octanol–water partition coefficient (Wildman–Crippen LogP) is 2.40. The first-order chi connectivity index (χ1) is 6.83. The fourth-order valence-electron chi connectivity index (χ4n) is 0.269. The standard InChI is InChI=1S/C5H12O4.C2H6.CH4O2.3CH4/c1-3-8-9-5-7-4-6-2;1-2;2-1-3;;;/h3-5H2,1-2H3;1-2H3;2-3H,1H2;3*1H4. The van der Waals surface area contributed by atoms with Gasteiger partial charge in [0.15, 0.2) is 6.79 Å². The van der Waals surface area contributed by atoms with Crippen molar-refractivity contribution in [3.05, 3.63) is 0 Å². The van der Waals surface area contributed by atoms with Crippen LogP contribution in [0.5, 0.6) is 0 Å². The van der Waals surface area contributed by atoms with Crippen molar-refractivity contribution in [3.63, 3.8) is 0 Å². The maximum absolute atomic E-state index is 7.12. The van der Waals surface area contributed by atoms with Crippen LogP contribution in [0.15, 0.2) is 0 Å². The molecule has 0 fully saturated rings. The van der Waals surface area contributed by atoms with Crippen molar-refractivity contribution in [2.75, 3.05) is 34.1 Å². The first kappa shape index (κ1) is 36.0. The minimum absolute atomic E-state index is 0. The lowest BCUT2D eigenvalue weighted by molar-refractivity contribution is -0.341. The zero-order chi connectivity index (χ0) is 11.7. The quantitative estimate of drug-likeness (QED) is 0.331. The summed E-state index contributed by atoms with van der Waals surface area (Å²) < 4.78 is 9.28. The highest BCUT2D eigenvalue weighted by molar-refractivity contribution is 3.97. The van der Waals surface area contributed by atoms with E-state index in [1.54, 1.807) is 7.11 Å². The van der Waals surface area contributed by atoms with Gasteiger partial charge < -0.3 is 19.7 Å². The Labute approximate surface area is 107 Å². The summed E-state index contributed by atoms with van der Waals surface area (Å²) in [5.41, 5.74) is 0. The first-order valence-corrected chi connectivity index (χ1v) is 4.36. The molecule has 6 heteroatoms. The number of aliphatic hydroxyl groups excluding tert-OH is 1. The zero-order valence-corrected chi connectivity index (χ0v) is 9.36. The molecule has 2 N–H and O–H groups in total. The Morgan fingerprint density at radius 3 is 1.59 bits per heavy atom. The molecule has 6 nitrogen and oxygen atoms in total. The number of methoxy groups -OCH3 is 1. The predicted molar refractivity (Wildman–Crippen MR) is 71.4 cm³/mol. The van der Waals surface area contributed by atoms with E-state index in [1.807, 2.05) is 20.8 Å². The van der Waals surface area contributed by atoms with Gasteiger partial charge in [0.1, 0.15) is 13.6 Å².